The first kappa shape index (κ1) is 12.7. The molecule has 0 aromatic heterocycles. The highest BCUT2D eigenvalue weighted by atomic mass is 16.1. The van der Waals surface area contributed by atoms with Crippen molar-refractivity contribution >= 4 is 11.6 Å². The Morgan fingerprint density at radius 1 is 1.26 bits per heavy atom. The summed E-state index contributed by atoms with van der Waals surface area (Å²) in [4.78, 5) is 11.4. The number of nitrogens with two attached hydrogens (primary N) is 1. The van der Waals surface area contributed by atoms with Crippen molar-refractivity contribution in [2.45, 2.75) is 40.2 Å². The summed E-state index contributed by atoms with van der Waals surface area (Å²) >= 11 is 0. The smallest absolute Gasteiger partial charge is 0.228 e. The van der Waals surface area contributed by atoms with Crippen LogP contribution in [0, 0.1) is 16.7 Å². The summed E-state index contributed by atoms with van der Waals surface area (Å²) in [6, 6.07) is 6.19. The molecule has 1 fully saturated rings. The van der Waals surface area contributed by atoms with Gasteiger partial charge in [0.1, 0.15) is 0 Å². The molecule has 1 unspecified atom stereocenters. The van der Waals surface area contributed by atoms with Crippen LogP contribution in [0.25, 0.3) is 0 Å². The van der Waals surface area contributed by atoms with E-state index in [1.807, 2.05) is 6.07 Å². The Bertz CT molecular complexity index is 546. The zero-order valence-electron chi connectivity index (χ0n) is 12.1. The summed E-state index contributed by atoms with van der Waals surface area (Å²) in [6.07, 6.45) is 0.480. The molecule has 3 nitrogen and oxygen atoms in total. The number of nitrogens with one attached hydrogen (secondary N) is 1. The van der Waals surface area contributed by atoms with E-state index in [2.05, 4.69) is 45.1 Å². The van der Waals surface area contributed by atoms with E-state index in [0.29, 0.717) is 12.3 Å². The third kappa shape index (κ3) is 1.64. The molecule has 19 heavy (non-hydrogen) atoms. The Morgan fingerprint density at radius 3 is 2.47 bits per heavy atom. The molecule has 1 aliphatic carbocycles. The third-order valence-corrected chi connectivity index (χ3v) is 5.63. The maximum atomic E-state index is 11.4. The topological polar surface area (TPSA) is 55.1 Å². The Morgan fingerprint density at radius 2 is 1.89 bits per heavy atom. The second-order valence-corrected chi connectivity index (χ2v) is 7.09. The highest BCUT2D eigenvalue weighted by Crippen LogP contribution is 2.71. The van der Waals surface area contributed by atoms with Crippen molar-refractivity contribution in [2.24, 2.45) is 22.5 Å². The van der Waals surface area contributed by atoms with Crippen molar-refractivity contribution in [3.63, 3.8) is 0 Å². The monoisotopic (exact) mass is 258 g/mol. The molecule has 102 valence electrons. The minimum absolute atomic E-state index is 0.0472. The van der Waals surface area contributed by atoms with E-state index in [9.17, 15) is 4.79 Å². The number of rotatable bonds is 2. The standard InChI is InChI=1S/C16H22N2O/c1-15(2)14(16(15,3)4)13(17)9-5-6-11-10(7-9)8-12(19)18-11/h5-7,13-14H,8,17H2,1-4H3,(H,18,19). The summed E-state index contributed by atoms with van der Waals surface area (Å²) in [5.74, 6) is 0.566. The average Bonchev–Trinajstić information content (AvgIpc) is 2.58. The summed E-state index contributed by atoms with van der Waals surface area (Å²) in [5.41, 5.74) is 10.2. The van der Waals surface area contributed by atoms with Crippen LogP contribution in [0.2, 0.25) is 0 Å². The van der Waals surface area contributed by atoms with Gasteiger partial charge < -0.3 is 11.1 Å². The fourth-order valence-electron chi connectivity index (χ4n) is 3.79. The van der Waals surface area contributed by atoms with E-state index in [1.54, 1.807) is 0 Å². The molecule has 1 amide bonds. The first-order valence-electron chi connectivity index (χ1n) is 6.93. The number of carbonyl (C=O) groups is 1. The minimum atomic E-state index is 0.0472. The van der Waals surface area contributed by atoms with Gasteiger partial charge in [0.05, 0.1) is 6.42 Å². The van der Waals surface area contributed by atoms with Gasteiger partial charge in [0.25, 0.3) is 0 Å². The van der Waals surface area contributed by atoms with E-state index in [-0.39, 0.29) is 22.8 Å². The Labute approximate surface area is 114 Å². The van der Waals surface area contributed by atoms with Crippen molar-refractivity contribution in [2.75, 3.05) is 5.32 Å². The summed E-state index contributed by atoms with van der Waals surface area (Å²) in [7, 11) is 0. The number of anilines is 1. The molecule has 0 saturated heterocycles. The predicted molar refractivity (Wildman–Crippen MR) is 76.8 cm³/mol. The van der Waals surface area contributed by atoms with Gasteiger partial charge in [-0.1, -0.05) is 39.8 Å². The van der Waals surface area contributed by atoms with Gasteiger partial charge in [-0.3, -0.25) is 4.79 Å². The zero-order valence-corrected chi connectivity index (χ0v) is 12.1. The molecule has 1 aromatic rings. The van der Waals surface area contributed by atoms with Gasteiger partial charge in [-0.15, -0.1) is 0 Å². The van der Waals surface area contributed by atoms with Gasteiger partial charge in [0.15, 0.2) is 0 Å². The lowest BCUT2D eigenvalue weighted by Gasteiger charge is -2.15. The quantitative estimate of drug-likeness (QED) is 0.857. The third-order valence-electron chi connectivity index (χ3n) is 5.63. The Kier molecular flexibility index (Phi) is 2.40. The predicted octanol–water partition coefficient (Wildman–Crippen LogP) is 2.86. The number of hydrogen-bond acceptors (Lipinski definition) is 2. The minimum Gasteiger partial charge on any atom is -0.326 e. The molecule has 3 heteroatoms. The van der Waals surface area contributed by atoms with Crippen LogP contribution in [0.3, 0.4) is 0 Å². The van der Waals surface area contributed by atoms with E-state index in [1.165, 1.54) is 0 Å². The van der Waals surface area contributed by atoms with Gasteiger partial charge in [0.2, 0.25) is 5.91 Å². The van der Waals surface area contributed by atoms with Crippen LogP contribution in [-0.2, 0) is 11.2 Å². The molecule has 2 aliphatic rings. The number of benzene rings is 1. The van der Waals surface area contributed by atoms with Crippen LogP contribution in [0.15, 0.2) is 18.2 Å². The zero-order chi connectivity index (χ0) is 14.0. The molecule has 1 aromatic carbocycles. The molecule has 0 bridgehead atoms. The molecule has 3 N–H and O–H groups in total. The van der Waals surface area contributed by atoms with Crippen LogP contribution < -0.4 is 11.1 Å². The number of hydrogen-bond donors (Lipinski definition) is 2. The van der Waals surface area contributed by atoms with Crippen molar-refractivity contribution < 1.29 is 4.79 Å². The number of carbonyl (C=O) groups excluding carboxylic acids is 1. The van der Waals surface area contributed by atoms with Crippen molar-refractivity contribution in [1.29, 1.82) is 0 Å². The molecule has 1 aliphatic heterocycles. The molecule has 1 saturated carbocycles. The molecule has 0 radical (unpaired) electrons. The van der Waals surface area contributed by atoms with Crippen LogP contribution in [0.5, 0.6) is 0 Å². The second kappa shape index (κ2) is 3.60. The fourth-order valence-corrected chi connectivity index (χ4v) is 3.79. The van der Waals surface area contributed by atoms with Gasteiger partial charge in [-0.25, -0.2) is 0 Å². The van der Waals surface area contributed by atoms with Crippen LogP contribution in [0.4, 0.5) is 5.69 Å². The Balaban J connectivity index is 1.89. The molecule has 3 rings (SSSR count). The van der Waals surface area contributed by atoms with Gasteiger partial charge in [-0.05, 0) is 33.9 Å². The average molecular weight is 258 g/mol. The maximum absolute atomic E-state index is 11.4. The number of fused-ring (bicyclic) bond motifs is 1. The van der Waals surface area contributed by atoms with E-state index < -0.39 is 0 Å². The van der Waals surface area contributed by atoms with E-state index in [0.717, 1.165) is 16.8 Å². The first-order valence-corrected chi connectivity index (χ1v) is 6.93. The molecule has 1 atom stereocenters. The maximum Gasteiger partial charge on any atom is 0.228 e. The largest absolute Gasteiger partial charge is 0.326 e. The fraction of sp³-hybridized carbons (Fsp3) is 0.562. The van der Waals surface area contributed by atoms with E-state index in [4.69, 9.17) is 5.73 Å². The SMILES string of the molecule is CC1(C)C(C(N)c2ccc3c(c2)CC(=O)N3)C1(C)C. The normalized spacial score (nSPS) is 24.8. The lowest BCUT2D eigenvalue weighted by Crippen LogP contribution is -2.16. The highest BCUT2D eigenvalue weighted by molar-refractivity contribution is 5.99. The van der Waals surface area contributed by atoms with E-state index >= 15 is 0 Å². The molecular formula is C16H22N2O. The molecule has 1 heterocycles. The van der Waals surface area contributed by atoms with Crippen LogP contribution in [-0.4, -0.2) is 5.91 Å². The van der Waals surface area contributed by atoms with Gasteiger partial charge in [-0.2, -0.15) is 0 Å². The Hall–Kier alpha value is -1.35. The number of amides is 1. The lowest BCUT2D eigenvalue weighted by atomic mass is 9.95. The van der Waals surface area contributed by atoms with Gasteiger partial charge in [0, 0.05) is 11.7 Å². The van der Waals surface area contributed by atoms with Crippen molar-refractivity contribution in [3.8, 4) is 0 Å². The second-order valence-electron chi connectivity index (χ2n) is 7.09. The molecule has 0 spiro atoms. The summed E-state index contributed by atoms with van der Waals surface area (Å²) in [6.45, 7) is 9.15. The lowest BCUT2D eigenvalue weighted by molar-refractivity contribution is -0.115. The highest BCUT2D eigenvalue weighted by Gasteiger charge is 2.66. The van der Waals surface area contributed by atoms with Gasteiger partial charge >= 0.3 is 0 Å². The van der Waals surface area contributed by atoms with Crippen LogP contribution >= 0.6 is 0 Å². The summed E-state index contributed by atoms with van der Waals surface area (Å²) < 4.78 is 0. The molecular weight excluding hydrogens is 236 g/mol. The van der Waals surface area contributed by atoms with Crippen molar-refractivity contribution in [1.82, 2.24) is 0 Å². The van der Waals surface area contributed by atoms with Crippen molar-refractivity contribution in [3.05, 3.63) is 29.3 Å². The van der Waals surface area contributed by atoms with Crippen LogP contribution in [0.1, 0.15) is 44.9 Å². The first-order chi connectivity index (χ1) is 8.75. The summed E-state index contributed by atoms with van der Waals surface area (Å²) in [5, 5.41) is 2.86.